The molecule has 3 rings (SSSR count). The molecule has 2 aromatic rings. The van der Waals surface area contributed by atoms with Gasteiger partial charge in [0.1, 0.15) is 0 Å². The monoisotopic (exact) mass is 347 g/mol. The number of methoxy groups -OCH3 is 1. The van der Waals surface area contributed by atoms with E-state index in [0.29, 0.717) is 5.56 Å². The standard InChI is InChI=1S/C17H18FN3O4/c1-25-14-6-5-10(8-12(14)18)15(17(23)24)20-16(22)11-9-19-21-7-3-2-4-13(11)21/h5-6,8-9,15H,2-4,7H2,1H3,(H,20,22)(H,23,24)/t15-/m0/s1. The third kappa shape index (κ3) is 3.33. The van der Waals surface area contributed by atoms with E-state index in [4.69, 9.17) is 4.74 Å². The lowest BCUT2D eigenvalue weighted by Gasteiger charge is -2.17. The molecule has 8 heteroatoms. The van der Waals surface area contributed by atoms with Crippen molar-refractivity contribution in [1.82, 2.24) is 15.1 Å². The Balaban J connectivity index is 1.85. The highest BCUT2D eigenvalue weighted by atomic mass is 19.1. The molecule has 0 saturated carbocycles. The summed E-state index contributed by atoms with van der Waals surface area (Å²) in [6.07, 6.45) is 4.12. The summed E-state index contributed by atoms with van der Waals surface area (Å²) >= 11 is 0. The average molecular weight is 347 g/mol. The van der Waals surface area contributed by atoms with Gasteiger partial charge in [0.15, 0.2) is 17.6 Å². The molecule has 2 heterocycles. The van der Waals surface area contributed by atoms with Crippen LogP contribution >= 0.6 is 0 Å². The van der Waals surface area contributed by atoms with Gasteiger partial charge in [0.05, 0.1) is 24.6 Å². The van der Waals surface area contributed by atoms with Gasteiger partial charge in [-0.15, -0.1) is 0 Å². The molecule has 1 aromatic heterocycles. The summed E-state index contributed by atoms with van der Waals surface area (Å²) in [7, 11) is 1.32. The number of fused-ring (bicyclic) bond motifs is 1. The van der Waals surface area contributed by atoms with Crippen LogP contribution in [0.15, 0.2) is 24.4 Å². The molecule has 0 unspecified atom stereocenters. The first-order chi connectivity index (χ1) is 12.0. The molecule has 0 saturated heterocycles. The first-order valence-electron chi connectivity index (χ1n) is 7.93. The van der Waals surface area contributed by atoms with Crippen LogP contribution in [-0.2, 0) is 17.8 Å². The lowest BCUT2D eigenvalue weighted by Crippen LogP contribution is -2.34. The van der Waals surface area contributed by atoms with Crippen LogP contribution in [0.1, 0.15) is 40.5 Å². The lowest BCUT2D eigenvalue weighted by molar-refractivity contribution is -0.139. The van der Waals surface area contributed by atoms with Crippen molar-refractivity contribution in [3.8, 4) is 5.75 Å². The highest BCUT2D eigenvalue weighted by Gasteiger charge is 2.27. The minimum atomic E-state index is -1.37. The van der Waals surface area contributed by atoms with E-state index >= 15 is 0 Å². The van der Waals surface area contributed by atoms with Gasteiger partial charge in [-0.05, 0) is 37.0 Å². The van der Waals surface area contributed by atoms with Gasteiger partial charge in [-0.3, -0.25) is 9.48 Å². The Morgan fingerprint density at radius 2 is 2.20 bits per heavy atom. The summed E-state index contributed by atoms with van der Waals surface area (Å²) in [5.74, 6) is -2.50. The zero-order valence-corrected chi connectivity index (χ0v) is 13.7. The molecule has 0 fully saturated rings. The van der Waals surface area contributed by atoms with E-state index in [1.54, 1.807) is 4.68 Å². The van der Waals surface area contributed by atoms with E-state index in [2.05, 4.69) is 10.4 Å². The molecule has 0 radical (unpaired) electrons. The van der Waals surface area contributed by atoms with Gasteiger partial charge in [0.25, 0.3) is 5.91 Å². The number of aryl methyl sites for hydroxylation is 1. The van der Waals surface area contributed by atoms with Crippen LogP contribution in [0.4, 0.5) is 4.39 Å². The average Bonchev–Trinajstić information content (AvgIpc) is 3.03. The fourth-order valence-electron chi connectivity index (χ4n) is 2.97. The van der Waals surface area contributed by atoms with E-state index in [0.717, 1.165) is 37.6 Å². The predicted molar refractivity (Wildman–Crippen MR) is 86.0 cm³/mol. The normalized spacial score (nSPS) is 14.5. The second-order valence-electron chi connectivity index (χ2n) is 5.82. The first kappa shape index (κ1) is 16.9. The number of nitrogens with one attached hydrogen (secondary N) is 1. The van der Waals surface area contributed by atoms with Gasteiger partial charge in [-0.25, -0.2) is 9.18 Å². The highest BCUT2D eigenvalue weighted by molar-refractivity contribution is 5.97. The summed E-state index contributed by atoms with van der Waals surface area (Å²) in [6.45, 7) is 0.745. The molecule has 0 bridgehead atoms. The number of carboxylic acids is 1. The molecule has 1 aromatic carbocycles. The molecule has 7 nitrogen and oxygen atoms in total. The summed E-state index contributed by atoms with van der Waals surface area (Å²) < 4.78 is 20.5. The molecular weight excluding hydrogens is 329 g/mol. The smallest absolute Gasteiger partial charge is 0.330 e. The van der Waals surface area contributed by atoms with E-state index in [1.807, 2.05) is 0 Å². The number of amides is 1. The van der Waals surface area contributed by atoms with Gasteiger partial charge < -0.3 is 15.2 Å². The Bertz CT molecular complexity index is 818. The van der Waals surface area contributed by atoms with Gasteiger partial charge in [-0.1, -0.05) is 6.07 Å². The van der Waals surface area contributed by atoms with Crippen molar-refractivity contribution in [3.05, 3.63) is 47.0 Å². The molecule has 1 atom stereocenters. The topological polar surface area (TPSA) is 93.5 Å². The third-order valence-corrected chi connectivity index (χ3v) is 4.26. The van der Waals surface area contributed by atoms with E-state index in [-0.39, 0.29) is 11.3 Å². The number of benzene rings is 1. The zero-order valence-electron chi connectivity index (χ0n) is 13.7. The fourth-order valence-corrected chi connectivity index (χ4v) is 2.97. The SMILES string of the molecule is COc1ccc([C@H](NC(=O)c2cnn3c2CCCC3)C(=O)O)cc1F. The van der Waals surface area contributed by atoms with Crippen LogP contribution < -0.4 is 10.1 Å². The number of nitrogens with zero attached hydrogens (tertiary/aromatic N) is 2. The Morgan fingerprint density at radius 1 is 1.40 bits per heavy atom. The van der Waals surface area contributed by atoms with E-state index in [1.165, 1.54) is 25.4 Å². The summed E-state index contributed by atoms with van der Waals surface area (Å²) in [5, 5.41) is 16.1. The molecular formula is C17H18FN3O4. The van der Waals surface area contributed by atoms with Crippen molar-refractivity contribution in [2.24, 2.45) is 0 Å². The molecule has 132 valence electrons. The zero-order chi connectivity index (χ0) is 18.0. The first-order valence-corrected chi connectivity index (χ1v) is 7.93. The molecule has 2 N–H and O–H groups in total. The number of aliphatic carboxylic acids is 1. The number of halogens is 1. The summed E-state index contributed by atoms with van der Waals surface area (Å²) in [4.78, 5) is 24.1. The third-order valence-electron chi connectivity index (χ3n) is 4.26. The number of rotatable bonds is 5. The minimum absolute atomic E-state index is 0.00456. The van der Waals surface area contributed by atoms with Crippen LogP contribution in [0.2, 0.25) is 0 Å². The number of carbonyl (C=O) groups is 2. The lowest BCUT2D eigenvalue weighted by atomic mass is 10.0. The number of hydrogen-bond acceptors (Lipinski definition) is 4. The number of hydrogen-bond donors (Lipinski definition) is 2. The number of aromatic nitrogens is 2. The maximum atomic E-state index is 13.9. The highest BCUT2D eigenvalue weighted by Crippen LogP contribution is 2.23. The molecule has 1 amide bonds. The van der Waals surface area contributed by atoms with Crippen molar-refractivity contribution < 1.29 is 23.8 Å². The second-order valence-corrected chi connectivity index (χ2v) is 5.82. The quantitative estimate of drug-likeness (QED) is 0.862. The Morgan fingerprint density at radius 3 is 2.88 bits per heavy atom. The number of carbonyl (C=O) groups excluding carboxylic acids is 1. The Kier molecular flexibility index (Phi) is 4.69. The van der Waals surface area contributed by atoms with Crippen LogP contribution in [0.25, 0.3) is 0 Å². The van der Waals surface area contributed by atoms with E-state index < -0.39 is 23.7 Å². The second kappa shape index (κ2) is 6.92. The van der Waals surface area contributed by atoms with Crippen molar-refractivity contribution in [2.45, 2.75) is 31.8 Å². The largest absolute Gasteiger partial charge is 0.494 e. The predicted octanol–water partition coefficient (Wildman–Crippen LogP) is 1.92. The number of ether oxygens (including phenoxy) is 1. The van der Waals surface area contributed by atoms with Crippen molar-refractivity contribution in [1.29, 1.82) is 0 Å². The summed E-state index contributed by atoms with van der Waals surface area (Å²) in [5.41, 5.74) is 1.29. The Hall–Kier alpha value is -2.90. The molecule has 0 aliphatic carbocycles. The van der Waals surface area contributed by atoms with E-state index in [9.17, 15) is 19.1 Å². The van der Waals surface area contributed by atoms with Crippen LogP contribution in [-0.4, -0.2) is 33.9 Å². The maximum absolute atomic E-state index is 13.9. The minimum Gasteiger partial charge on any atom is -0.494 e. The van der Waals surface area contributed by atoms with Gasteiger partial charge >= 0.3 is 5.97 Å². The van der Waals surface area contributed by atoms with Crippen molar-refractivity contribution in [2.75, 3.05) is 7.11 Å². The van der Waals surface area contributed by atoms with Gasteiger partial charge in [0.2, 0.25) is 0 Å². The maximum Gasteiger partial charge on any atom is 0.330 e. The van der Waals surface area contributed by atoms with Gasteiger partial charge in [0, 0.05) is 6.54 Å². The molecule has 0 spiro atoms. The molecule has 1 aliphatic rings. The summed E-state index contributed by atoms with van der Waals surface area (Å²) in [6, 6.07) is 2.42. The van der Waals surface area contributed by atoms with Crippen LogP contribution in [0, 0.1) is 5.82 Å². The van der Waals surface area contributed by atoms with Gasteiger partial charge in [-0.2, -0.15) is 5.10 Å². The molecule has 25 heavy (non-hydrogen) atoms. The fraction of sp³-hybridized carbons (Fsp3) is 0.353. The Labute approximate surface area is 143 Å². The van der Waals surface area contributed by atoms with Crippen LogP contribution in [0.5, 0.6) is 5.75 Å². The van der Waals surface area contributed by atoms with Crippen molar-refractivity contribution >= 4 is 11.9 Å². The van der Waals surface area contributed by atoms with Crippen molar-refractivity contribution in [3.63, 3.8) is 0 Å². The number of carboxylic acid groups (broad SMARTS) is 1. The van der Waals surface area contributed by atoms with Crippen LogP contribution in [0.3, 0.4) is 0 Å². The molecule has 1 aliphatic heterocycles.